The summed E-state index contributed by atoms with van der Waals surface area (Å²) in [4.78, 5) is 13.9. The first-order valence-electron chi connectivity index (χ1n) is 9.06. The van der Waals surface area contributed by atoms with Gasteiger partial charge in [0.15, 0.2) is 0 Å². The molecule has 2 aliphatic rings. The lowest BCUT2D eigenvalue weighted by Gasteiger charge is -2.24. The summed E-state index contributed by atoms with van der Waals surface area (Å²) in [6, 6.07) is 2.82. The number of anilines is 2. The zero-order chi connectivity index (χ0) is 16.3. The Morgan fingerprint density at radius 3 is 2.70 bits per heavy atom. The monoisotopic (exact) mass is 317 g/mol. The summed E-state index contributed by atoms with van der Waals surface area (Å²) in [6.45, 7) is 12.5. The van der Waals surface area contributed by atoms with Crippen LogP contribution in [0.25, 0.3) is 0 Å². The number of hydrogen-bond donors (Lipinski definition) is 1. The molecule has 5 nitrogen and oxygen atoms in total. The average Bonchev–Trinajstić information content (AvgIpc) is 3.17. The maximum absolute atomic E-state index is 4.50. The summed E-state index contributed by atoms with van der Waals surface area (Å²) >= 11 is 0. The molecule has 1 aromatic rings. The molecule has 2 aliphatic heterocycles. The van der Waals surface area contributed by atoms with Crippen molar-refractivity contribution >= 4 is 11.6 Å². The smallest absolute Gasteiger partial charge is 0.134 e. The highest BCUT2D eigenvalue weighted by atomic mass is 15.3. The van der Waals surface area contributed by atoms with Crippen molar-refractivity contribution in [2.24, 2.45) is 5.41 Å². The van der Waals surface area contributed by atoms with Crippen LogP contribution >= 0.6 is 0 Å². The zero-order valence-electron chi connectivity index (χ0n) is 14.9. The molecule has 1 atom stereocenters. The van der Waals surface area contributed by atoms with Crippen molar-refractivity contribution in [3.63, 3.8) is 0 Å². The molecule has 0 spiro atoms. The predicted octanol–water partition coefficient (Wildman–Crippen LogP) is 3.00. The zero-order valence-corrected chi connectivity index (χ0v) is 14.9. The van der Waals surface area contributed by atoms with Crippen LogP contribution in [0.2, 0.25) is 0 Å². The molecular formula is C18H31N5. The molecule has 2 saturated heterocycles. The summed E-state index contributed by atoms with van der Waals surface area (Å²) < 4.78 is 0. The van der Waals surface area contributed by atoms with Gasteiger partial charge in [-0.1, -0.05) is 20.8 Å². The van der Waals surface area contributed by atoms with Crippen molar-refractivity contribution in [1.82, 2.24) is 14.9 Å². The van der Waals surface area contributed by atoms with Gasteiger partial charge in [-0.2, -0.15) is 0 Å². The second-order valence-corrected chi connectivity index (χ2v) is 8.13. The van der Waals surface area contributed by atoms with Crippen LogP contribution in [0, 0.1) is 5.41 Å². The molecule has 128 valence electrons. The second kappa shape index (κ2) is 7.04. The Balaban J connectivity index is 1.55. The Kier molecular flexibility index (Phi) is 5.05. The number of likely N-dealkylation sites (tertiary alicyclic amines) is 1. The largest absolute Gasteiger partial charge is 0.370 e. The third-order valence-corrected chi connectivity index (χ3v) is 4.98. The Bertz CT molecular complexity index is 504. The van der Waals surface area contributed by atoms with E-state index in [1.165, 1.54) is 32.4 Å². The maximum atomic E-state index is 4.50. The van der Waals surface area contributed by atoms with E-state index in [1.54, 1.807) is 6.33 Å². The number of nitrogens with one attached hydrogen (secondary N) is 1. The average molecular weight is 317 g/mol. The molecule has 0 unspecified atom stereocenters. The summed E-state index contributed by atoms with van der Waals surface area (Å²) in [7, 11) is 0. The number of nitrogens with zero attached hydrogens (tertiary/aromatic N) is 4. The minimum Gasteiger partial charge on any atom is -0.370 e. The third kappa shape index (κ3) is 4.56. The fourth-order valence-corrected chi connectivity index (χ4v) is 3.54. The van der Waals surface area contributed by atoms with Crippen LogP contribution in [0.4, 0.5) is 11.6 Å². The molecule has 23 heavy (non-hydrogen) atoms. The van der Waals surface area contributed by atoms with E-state index in [9.17, 15) is 0 Å². The van der Waals surface area contributed by atoms with E-state index >= 15 is 0 Å². The summed E-state index contributed by atoms with van der Waals surface area (Å²) in [5.74, 6) is 2.02. The first-order valence-corrected chi connectivity index (χ1v) is 9.06. The molecule has 2 fully saturated rings. The highest BCUT2D eigenvalue weighted by Crippen LogP contribution is 2.25. The molecule has 1 aromatic heterocycles. The van der Waals surface area contributed by atoms with Crippen LogP contribution in [0.5, 0.6) is 0 Å². The number of rotatable bonds is 5. The predicted molar refractivity (Wildman–Crippen MR) is 96.0 cm³/mol. The van der Waals surface area contributed by atoms with Gasteiger partial charge in [0.2, 0.25) is 0 Å². The van der Waals surface area contributed by atoms with Gasteiger partial charge in [0.05, 0.1) is 0 Å². The van der Waals surface area contributed by atoms with Crippen molar-refractivity contribution in [2.45, 2.75) is 52.5 Å². The van der Waals surface area contributed by atoms with E-state index in [4.69, 9.17) is 0 Å². The van der Waals surface area contributed by atoms with Crippen LogP contribution in [0.1, 0.15) is 46.5 Å². The van der Waals surface area contributed by atoms with Crippen LogP contribution in [-0.4, -0.2) is 53.6 Å². The fraction of sp³-hybridized carbons (Fsp3) is 0.778. The van der Waals surface area contributed by atoms with Gasteiger partial charge in [0.1, 0.15) is 18.0 Å². The molecule has 0 amide bonds. The normalized spacial score (nSPS) is 22.7. The SMILES string of the molecule is CC(C)(C)CCNc1cc(N2CC[C@H](N3CCCC3)C2)ncn1. The molecule has 3 heterocycles. The molecule has 0 aromatic carbocycles. The van der Waals surface area contributed by atoms with E-state index in [0.717, 1.165) is 37.7 Å². The molecule has 3 rings (SSSR count). The molecule has 0 radical (unpaired) electrons. The third-order valence-electron chi connectivity index (χ3n) is 4.98. The Morgan fingerprint density at radius 2 is 1.96 bits per heavy atom. The standard InChI is InChI=1S/C18H31N5/c1-18(2,3)7-8-19-16-12-17(21-14-20-16)23-11-6-15(13-23)22-9-4-5-10-22/h12,14-15H,4-11,13H2,1-3H3,(H,19,20,21)/t15-/m0/s1. The van der Waals surface area contributed by atoms with Crippen molar-refractivity contribution in [3.05, 3.63) is 12.4 Å². The van der Waals surface area contributed by atoms with Crippen LogP contribution < -0.4 is 10.2 Å². The van der Waals surface area contributed by atoms with Gasteiger partial charge in [-0.05, 0) is 44.2 Å². The van der Waals surface area contributed by atoms with Crippen molar-refractivity contribution in [2.75, 3.05) is 42.9 Å². The van der Waals surface area contributed by atoms with Crippen molar-refractivity contribution in [3.8, 4) is 0 Å². The van der Waals surface area contributed by atoms with E-state index in [0.29, 0.717) is 11.5 Å². The number of aromatic nitrogens is 2. The lowest BCUT2D eigenvalue weighted by atomic mass is 9.92. The van der Waals surface area contributed by atoms with Gasteiger partial charge in [0, 0.05) is 31.7 Å². The van der Waals surface area contributed by atoms with Crippen molar-refractivity contribution in [1.29, 1.82) is 0 Å². The van der Waals surface area contributed by atoms with E-state index < -0.39 is 0 Å². The lowest BCUT2D eigenvalue weighted by molar-refractivity contribution is 0.260. The molecule has 0 saturated carbocycles. The highest BCUT2D eigenvalue weighted by molar-refractivity contribution is 5.49. The Hall–Kier alpha value is -1.36. The Labute approximate surface area is 140 Å². The molecule has 0 bridgehead atoms. The van der Waals surface area contributed by atoms with Gasteiger partial charge < -0.3 is 10.2 Å². The topological polar surface area (TPSA) is 44.3 Å². The molecular weight excluding hydrogens is 286 g/mol. The minimum absolute atomic E-state index is 0.348. The minimum atomic E-state index is 0.348. The maximum Gasteiger partial charge on any atom is 0.134 e. The molecule has 0 aliphatic carbocycles. The van der Waals surface area contributed by atoms with Crippen molar-refractivity contribution < 1.29 is 0 Å². The summed E-state index contributed by atoms with van der Waals surface area (Å²) in [6.07, 6.45) is 6.82. The van der Waals surface area contributed by atoms with E-state index in [-0.39, 0.29) is 0 Å². The Morgan fingerprint density at radius 1 is 1.17 bits per heavy atom. The first-order chi connectivity index (χ1) is 11.0. The molecule has 1 N–H and O–H groups in total. The van der Waals surface area contributed by atoms with Gasteiger partial charge in [-0.25, -0.2) is 9.97 Å². The summed E-state index contributed by atoms with van der Waals surface area (Å²) in [5.41, 5.74) is 0.348. The highest BCUT2D eigenvalue weighted by Gasteiger charge is 2.29. The first kappa shape index (κ1) is 16.5. The summed E-state index contributed by atoms with van der Waals surface area (Å²) in [5, 5.41) is 3.44. The van der Waals surface area contributed by atoms with Crippen LogP contribution in [-0.2, 0) is 0 Å². The lowest BCUT2D eigenvalue weighted by Crippen LogP contribution is -2.35. The van der Waals surface area contributed by atoms with Gasteiger partial charge in [0.25, 0.3) is 0 Å². The van der Waals surface area contributed by atoms with Gasteiger partial charge in [-0.15, -0.1) is 0 Å². The number of hydrogen-bond acceptors (Lipinski definition) is 5. The quantitative estimate of drug-likeness (QED) is 0.904. The van der Waals surface area contributed by atoms with Gasteiger partial charge >= 0.3 is 0 Å². The van der Waals surface area contributed by atoms with E-state index in [2.05, 4.69) is 51.9 Å². The van der Waals surface area contributed by atoms with Gasteiger partial charge in [-0.3, -0.25) is 4.90 Å². The van der Waals surface area contributed by atoms with Crippen LogP contribution in [0.3, 0.4) is 0 Å². The second-order valence-electron chi connectivity index (χ2n) is 8.13. The van der Waals surface area contributed by atoms with E-state index in [1.807, 2.05) is 0 Å². The van der Waals surface area contributed by atoms with Crippen LogP contribution in [0.15, 0.2) is 12.4 Å². The molecule has 5 heteroatoms. The fourth-order valence-electron chi connectivity index (χ4n) is 3.54.